The summed E-state index contributed by atoms with van der Waals surface area (Å²) in [5, 5.41) is 6.44. The highest BCUT2D eigenvalue weighted by Crippen LogP contribution is 2.35. The van der Waals surface area contributed by atoms with Gasteiger partial charge in [-0.3, -0.25) is 9.59 Å². The Hall–Kier alpha value is -3.43. The lowest BCUT2D eigenvalue weighted by Crippen LogP contribution is -2.37. The molecule has 1 aliphatic rings. The number of ether oxygens (including phenoxy) is 2. The van der Waals surface area contributed by atoms with Crippen LogP contribution in [0.5, 0.6) is 11.5 Å². The van der Waals surface area contributed by atoms with Crippen LogP contribution in [0, 0.1) is 6.92 Å². The van der Waals surface area contributed by atoms with Gasteiger partial charge in [-0.05, 0) is 48.7 Å². The van der Waals surface area contributed by atoms with Crippen LogP contribution in [-0.2, 0) is 17.9 Å². The third-order valence-corrected chi connectivity index (χ3v) is 7.06. The van der Waals surface area contributed by atoms with Crippen LogP contribution in [-0.4, -0.2) is 28.9 Å². The molecule has 0 atom stereocenters. The van der Waals surface area contributed by atoms with Crippen LogP contribution in [0.2, 0.25) is 0 Å². The van der Waals surface area contributed by atoms with E-state index in [4.69, 9.17) is 9.47 Å². The van der Waals surface area contributed by atoms with Crippen molar-refractivity contribution in [3.63, 3.8) is 0 Å². The van der Waals surface area contributed by atoms with E-state index >= 15 is 0 Å². The molecule has 0 N–H and O–H groups in total. The molecular formula is C24H21N3O4S2. The van der Waals surface area contributed by atoms with Gasteiger partial charge in [-0.25, -0.2) is 4.68 Å². The van der Waals surface area contributed by atoms with Gasteiger partial charge in [0.1, 0.15) is 25.5 Å². The maximum atomic E-state index is 13.5. The molecule has 1 amide bonds. The largest absolute Gasteiger partial charge is 0.486 e. The molecular weight excluding hydrogens is 458 g/mol. The topological polar surface area (TPSA) is 73.7 Å². The van der Waals surface area contributed by atoms with E-state index in [0.29, 0.717) is 42.6 Å². The van der Waals surface area contributed by atoms with Gasteiger partial charge in [-0.2, -0.15) is 5.10 Å². The Balaban J connectivity index is 1.46. The zero-order valence-corrected chi connectivity index (χ0v) is 19.5. The van der Waals surface area contributed by atoms with E-state index in [0.717, 1.165) is 14.6 Å². The monoisotopic (exact) mass is 479 g/mol. The van der Waals surface area contributed by atoms with Crippen LogP contribution in [0.15, 0.2) is 64.8 Å². The zero-order valence-electron chi connectivity index (χ0n) is 17.9. The Labute approximate surface area is 198 Å². The molecule has 9 heteroatoms. The lowest BCUT2D eigenvalue weighted by atomic mass is 10.2. The molecule has 168 valence electrons. The molecule has 1 aliphatic heterocycles. The highest BCUT2D eigenvalue weighted by atomic mass is 32.1. The van der Waals surface area contributed by atoms with E-state index in [9.17, 15) is 9.59 Å². The standard InChI is InChI=1S/C24H21N3O4S2/c1-16-4-8-22(33-16)19-6-9-23(28)27(25-19)15-24(29)26(14-18-3-2-12-32-18)17-5-7-20-21(13-17)31-11-10-30-20/h2-9,12-13H,10-11,14-15H2,1H3. The SMILES string of the molecule is Cc1ccc(-c2ccc(=O)n(CC(=O)N(Cc3cccs3)c3ccc4c(c3)OCCO4)n2)s1. The predicted octanol–water partition coefficient (Wildman–Crippen LogP) is 4.35. The van der Waals surface area contributed by atoms with Crippen molar-refractivity contribution in [2.75, 3.05) is 18.1 Å². The number of carbonyl (C=O) groups excluding carboxylic acids is 1. The molecule has 7 nitrogen and oxygen atoms in total. The quantitative estimate of drug-likeness (QED) is 0.411. The van der Waals surface area contributed by atoms with Gasteiger partial charge in [0.2, 0.25) is 5.91 Å². The molecule has 4 heterocycles. The Bertz CT molecular complexity index is 1340. The first-order valence-electron chi connectivity index (χ1n) is 10.4. The van der Waals surface area contributed by atoms with Crippen LogP contribution in [0.3, 0.4) is 0 Å². The molecule has 0 spiro atoms. The normalized spacial score (nSPS) is 12.5. The van der Waals surface area contributed by atoms with Gasteiger partial charge in [0, 0.05) is 27.6 Å². The van der Waals surface area contributed by atoms with Gasteiger partial charge in [-0.15, -0.1) is 22.7 Å². The number of aromatic nitrogens is 2. The van der Waals surface area contributed by atoms with Gasteiger partial charge in [-0.1, -0.05) is 6.07 Å². The number of anilines is 1. The number of nitrogens with zero attached hydrogens (tertiary/aromatic N) is 3. The van der Waals surface area contributed by atoms with Crippen molar-refractivity contribution in [1.82, 2.24) is 9.78 Å². The number of benzene rings is 1. The molecule has 0 saturated heterocycles. The van der Waals surface area contributed by atoms with E-state index in [1.807, 2.05) is 48.7 Å². The summed E-state index contributed by atoms with van der Waals surface area (Å²) in [5.41, 5.74) is 1.03. The summed E-state index contributed by atoms with van der Waals surface area (Å²) in [6.45, 7) is 3.19. The second-order valence-corrected chi connectivity index (χ2v) is 9.83. The minimum atomic E-state index is -0.321. The van der Waals surface area contributed by atoms with E-state index < -0.39 is 0 Å². The molecule has 0 fully saturated rings. The fourth-order valence-electron chi connectivity index (χ4n) is 3.56. The highest BCUT2D eigenvalue weighted by Gasteiger charge is 2.21. The first-order valence-corrected chi connectivity index (χ1v) is 12.1. The first kappa shape index (κ1) is 21.4. The fraction of sp³-hybridized carbons (Fsp3) is 0.208. The van der Waals surface area contributed by atoms with Crippen molar-refractivity contribution in [2.45, 2.75) is 20.0 Å². The van der Waals surface area contributed by atoms with Crippen LogP contribution in [0.4, 0.5) is 5.69 Å². The highest BCUT2D eigenvalue weighted by molar-refractivity contribution is 7.15. The van der Waals surface area contributed by atoms with Gasteiger partial charge in [0.25, 0.3) is 5.56 Å². The summed E-state index contributed by atoms with van der Waals surface area (Å²) >= 11 is 3.17. The number of hydrogen-bond donors (Lipinski definition) is 0. The van der Waals surface area contributed by atoms with E-state index in [2.05, 4.69) is 5.10 Å². The molecule has 4 aromatic rings. The number of rotatable bonds is 6. The Morgan fingerprint density at radius 2 is 1.94 bits per heavy atom. The van der Waals surface area contributed by atoms with Crippen LogP contribution < -0.4 is 19.9 Å². The van der Waals surface area contributed by atoms with Crippen molar-refractivity contribution in [3.05, 3.63) is 80.1 Å². The average molecular weight is 480 g/mol. The summed E-state index contributed by atoms with van der Waals surface area (Å²) in [5.74, 6) is 1.02. The van der Waals surface area contributed by atoms with Gasteiger partial charge < -0.3 is 14.4 Å². The molecule has 0 aliphatic carbocycles. The molecule has 0 radical (unpaired) electrons. The number of carbonyl (C=O) groups is 1. The van der Waals surface area contributed by atoms with Gasteiger partial charge in [0.15, 0.2) is 11.5 Å². The third kappa shape index (κ3) is 4.69. The zero-order chi connectivity index (χ0) is 22.8. The Morgan fingerprint density at radius 1 is 1.09 bits per heavy atom. The molecule has 5 rings (SSSR count). The van der Waals surface area contributed by atoms with Crippen molar-refractivity contribution in [1.29, 1.82) is 0 Å². The number of aryl methyl sites for hydroxylation is 1. The molecule has 1 aromatic carbocycles. The lowest BCUT2D eigenvalue weighted by molar-refractivity contribution is -0.119. The van der Waals surface area contributed by atoms with E-state index in [-0.39, 0.29) is 18.0 Å². The van der Waals surface area contributed by atoms with Crippen molar-refractivity contribution >= 4 is 34.3 Å². The minimum Gasteiger partial charge on any atom is -0.486 e. The van der Waals surface area contributed by atoms with E-state index in [1.54, 1.807) is 39.7 Å². The maximum Gasteiger partial charge on any atom is 0.267 e. The Morgan fingerprint density at radius 3 is 2.70 bits per heavy atom. The summed E-state index contributed by atoms with van der Waals surface area (Å²) in [7, 11) is 0. The smallest absolute Gasteiger partial charge is 0.267 e. The van der Waals surface area contributed by atoms with Crippen LogP contribution >= 0.6 is 22.7 Å². The second kappa shape index (κ2) is 9.21. The summed E-state index contributed by atoms with van der Waals surface area (Å²) < 4.78 is 12.5. The minimum absolute atomic E-state index is 0.170. The summed E-state index contributed by atoms with van der Waals surface area (Å²) in [4.78, 5) is 30.8. The third-order valence-electron chi connectivity index (χ3n) is 5.18. The molecule has 0 saturated carbocycles. The molecule has 33 heavy (non-hydrogen) atoms. The van der Waals surface area contributed by atoms with Gasteiger partial charge >= 0.3 is 0 Å². The Kier molecular flexibility index (Phi) is 5.97. The first-order chi connectivity index (χ1) is 16.1. The summed E-state index contributed by atoms with van der Waals surface area (Å²) in [6, 6.07) is 16.5. The number of amides is 1. The number of fused-ring (bicyclic) bond motifs is 1. The van der Waals surface area contributed by atoms with Crippen LogP contribution in [0.25, 0.3) is 10.6 Å². The van der Waals surface area contributed by atoms with E-state index in [1.165, 1.54) is 10.7 Å². The van der Waals surface area contributed by atoms with Crippen LogP contribution in [0.1, 0.15) is 9.75 Å². The average Bonchev–Trinajstić information content (AvgIpc) is 3.50. The lowest BCUT2D eigenvalue weighted by Gasteiger charge is -2.25. The van der Waals surface area contributed by atoms with Crippen molar-refractivity contribution in [3.8, 4) is 22.1 Å². The van der Waals surface area contributed by atoms with Gasteiger partial charge in [0.05, 0.1) is 11.4 Å². The number of thiophene rings is 2. The van der Waals surface area contributed by atoms with Crippen molar-refractivity contribution < 1.29 is 14.3 Å². The summed E-state index contributed by atoms with van der Waals surface area (Å²) in [6.07, 6.45) is 0. The predicted molar refractivity (Wildman–Crippen MR) is 129 cm³/mol. The molecule has 0 unspecified atom stereocenters. The number of hydrogen-bond acceptors (Lipinski definition) is 7. The van der Waals surface area contributed by atoms with Crippen molar-refractivity contribution in [2.24, 2.45) is 0 Å². The maximum absolute atomic E-state index is 13.5. The molecule has 0 bridgehead atoms. The fourth-order valence-corrected chi connectivity index (χ4v) is 5.09. The second-order valence-electron chi connectivity index (χ2n) is 7.51. The molecule has 3 aromatic heterocycles.